The molecule has 0 radical (unpaired) electrons. The summed E-state index contributed by atoms with van der Waals surface area (Å²) in [4.78, 5) is 23.6. The highest BCUT2D eigenvalue weighted by atomic mass is 32.2. The Morgan fingerprint density at radius 2 is 1.80 bits per heavy atom. The number of nitrogens with one attached hydrogen (secondary N) is 3. The average Bonchev–Trinajstić information content (AvgIpc) is 2.68. The van der Waals surface area contributed by atoms with Gasteiger partial charge in [-0.3, -0.25) is 9.59 Å². The summed E-state index contributed by atoms with van der Waals surface area (Å²) in [6, 6.07) is 5.42. The zero-order valence-electron chi connectivity index (χ0n) is 18.0. The van der Waals surface area contributed by atoms with Crippen LogP contribution >= 0.6 is 0 Å². The van der Waals surface area contributed by atoms with Crippen LogP contribution in [0.2, 0.25) is 0 Å². The fraction of sp³-hybridized carbons (Fsp3) is 0.545. The Kier molecular flexibility index (Phi) is 9.05. The molecule has 8 heteroatoms. The van der Waals surface area contributed by atoms with Crippen LogP contribution in [0.1, 0.15) is 59.3 Å². The molecule has 0 bridgehead atoms. The zero-order chi connectivity index (χ0) is 22.1. The third-order valence-corrected chi connectivity index (χ3v) is 6.66. The molecule has 0 fully saturated rings. The first-order valence-electron chi connectivity index (χ1n) is 10.5. The molecular weight excluding hydrogens is 402 g/mol. The van der Waals surface area contributed by atoms with Crippen molar-refractivity contribution in [2.75, 3.05) is 11.9 Å². The molecule has 1 aliphatic rings. The monoisotopic (exact) mass is 435 g/mol. The first-order chi connectivity index (χ1) is 14.2. The lowest BCUT2D eigenvalue weighted by molar-refractivity contribution is -0.121. The van der Waals surface area contributed by atoms with E-state index in [0.717, 1.165) is 19.3 Å². The number of hydrogen-bond acceptors (Lipinski definition) is 4. The van der Waals surface area contributed by atoms with E-state index >= 15 is 0 Å². The molecule has 166 valence electrons. The summed E-state index contributed by atoms with van der Waals surface area (Å²) < 4.78 is 28.1. The van der Waals surface area contributed by atoms with Gasteiger partial charge in [0, 0.05) is 31.6 Å². The summed E-state index contributed by atoms with van der Waals surface area (Å²) in [7, 11) is -3.78. The van der Waals surface area contributed by atoms with Crippen molar-refractivity contribution >= 4 is 27.5 Å². The van der Waals surface area contributed by atoms with Crippen molar-refractivity contribution in [3.63, 3.8) is 0 Å². The number of sulfonamides is 1. The molecule has 7 nitrogen and oxygen atoms in total. The molecule has 3 N–H and O–H groups in total. The van der Waals surface area contributed by atoms with Crippen molar-refractivity contribution in [1.29, 1.82) is 0 Å². The maximum absolute atomic E-state index is 12.7. The van der Waals surface area contributed by atoms with Gasteiger partial charge in [0.1, 0.15) is 0 Å². The van der Waals surface area contributed by atoms with Gasteiger partial charge < -0.3 is 10.6 Å². The summed E-state index contributed by atoms with van der Waals surface area (Å²) >= 11 is 0. The molecule has 0 aromatic heterocycles. The van der Waals surface area contributed by atoms with Crippen LogP contribution in [0.3, 0.4) is 0 Å². The van der Waals surface area contributed by atoms with Crippen molar-refractivity contribution in [1.82, 2.24) is 10.0 Å². The van der Waals surface area contributed by atoms with Crippen LogP contribution in [0.25, 0.3) is 0 Å². The van der Waals surface area contributed by atoms with Crippen molar-refractivity contribution in [3.05, 3.63) is 35.9 Å². The molecular formula is C22H33N3O4S. The van der Waals surface area contributed by atoms with Gasteiger partial charge in [-0.1, -0.05) is 25.5 Å². The quantitative estimate of drug-likeness (QED) is 0.490. The molecule has 30 heavy (non-hydrogen) atoms. The van der Waals surface area contributed by atoms with Gasteiger partial charge in [-0.2, -0.15) is 0 Å². The van der Waals surface area contributed by atoms with Gasteiger partial charge >= 0.3 is 0 Å². The number of benzene rings is 1. The highest BCUT2D eigenvalue weighted by Crippen LogP contribution is 2.20. The van der Waals surface area contributed by atoms with Crippen molar-refractivity contribution in [2.24, 2.45) is 5.92 Å². The SMILES string of the molecule is CC(=O)Nc1ccc(S(=O)(=O)N[C@@H](CC(=O)NCCC2=CCCCC2)C(C)C)cc1. The highest BCUT2D eigenvalue weighted by molar-refractivity contribution is 7.89. The van der Waals surface area contributed by atoms with Crippen LogP contribution in [0.4, 0.5) is 5.69 Å². The van der Waals surface area contributed by atoms with Crippen LogP contribution in [0.5, 0.6) is 0 Å². The Morgan fingerprint density at radius 1 is 1.10 bits per heavy atom. The number of hydrogen-bond donors (Lipinski definition) is 3. The molecule has 0 saturated carbocycles. The Morgan fingerprint density at radius 3 is 2.37 bits per heavy atom. The van der Waals surface area contributed by atoms with Gasteiger partial charge in [-0.05, 0) is 62.3 Å². The molecule has 2 rings (SSSR count). The first kappa shape index (κ1) is 24.1. The topological polar surface area (TPSA) is 104 Å². The van der Waals surface area contributed by atoms with E-state index in [1.165, 1.54) is 49.6 Å². The summed E-state index contributed by atoms with van der Waals surface area (Å²) in [6.07, 6.45) is 7.87. The Labute approximate surface area is 179 Å². The molecule has 0 aliphatic heterocycles. The second-order valence-corrected chi connectivity index (χ2v) is 9.80. The predicted octanol–water partition coefficient (Wildman–Crippen LogP) is 3.34. The van der Waals surface area contributed by atoms with Gasteiger partial charge in [-0.25, -0.2) is 13.1 Å². The molecule has 2 amide bonds. The molecule has 1 aliphatic carbocycles. The van der Waals surface area contributed by atoms with Gasteiger partial charge in [0.2, 0.25) is 21.8 Å². The van der Waals surface area contributed by atoms with Gasteiger partial charge in [-0.15, -0.1) is 0 Å². The van der Waals surface area contributed by atoms with E-state index < -0.39 is 16.1 Å². The second-order valence-electron chi connectivity index (χ2n) is 8.09. The van der Waals surface area contributed by atoms with E-state index in [9.17, 15) is 18.0 Å². The predicted molar refractivity (Wildman–Crippen MR) is 118 cm³/mol. The van der Waals surface area contributed by atoms with Crippen LogP contribution in [-0.4, -0.2) is 32.8 Å². The molecule has 0 saturated heterocycles. The summed E-state index contributed by atoms with van der Waals surface area (Å²) in [5.41, 5.74) is 1.92. The largest absolute Gasteiger partial charge is 0.356 e. The zero-order valence-corrected chi connectivity index (χ0v) is 18.8. The molecule has 1 aromatic carbocycles. The fourth-order valence-electron chi connectivity index (χ4n) is 3.37. The third kappa shape index (κ3) is 7.91. The summed E-state index contributed by atoms with van der Waals surface area (Å²) in [5, 5.41) is 5.51. The van der Waals surface area contributed by atoms with Crippen LogP contribution in [0, 0.1) is 5.92 Å². The van der Waals surface area contributed by atoms with E-state index in [2.05, 4.69) is 21.4 Å². The van der Waals surface area contributed by atoms with E-state index in [4.69, 9.17) is 0 Å². The van der Waals surface area contributed by atoms with E-state index in [0.29, 0.717) is 12.2 Å². The van der Waals surface area contributed by atoms with Crippen molar-refractivity contribution in [3.8, 4) is 0 Å². The molecule has 0 unspecified atom stereocenters. The molecule has 0 heterocycles. The number of allylic oxidation sites excluding steroid dienone is 1. The highest BCUT2D eigenvalue weighted by Gasteiger charge is 2.24. The fourth-order valence-corrected chi connectivity index (χ4v) is 4.75. The second kappa shape index (κ2) is 11.3. The van der Waals surface area contributed by atoms with Crippen LogP contribution < -0.4 is 15.4 Å². The van der Waals surface area contributed by atoms with E-state index in [1.54, 1.807) is 0 Å². The standard InChI is InChI=1S/C22H33N3O4S/c1-16(2)21(15-22(27)23-14-13-18-7-5-4-6-8-18)25-30(28,29)20-11-9-19(10-12-20)24-17(3)26/h7,9-12,16,21,25H,4-6,8,13-15H2,1-3H3,(H,23,27)(H,24,26)/t21-/m0/s1. The first-order valence-corrected chi connectivity index (χ1v) is 12.0. The van der Waals surface area contributed by atoms with E-state index in [-0.39, 0.29) is 29.0 Å². The lowest BCUT2D eigenvalue weighted by Gasteiger charge is -2.22. The number of carbonyl (C=O) groups excluding carboxylic acids is 2. The maximum Gasteiger partial charge on any atom is 0.240 e. The number of anilines is 1. The number of carbonyl (C=O) groups is 2. The maximum atomic E-state index is 12.7. The van der Waals surface area contributed by atoms with Gasteiger partial charge in [0.25, 0.3) is 0 Å². The number of amides is 2. The van der Waals surface area contributed by atoms with Crippen LogP contribution in [-0.2, 0) is 19.6 Å². The minimum Gasteiger partial charge on any atom is -0.356 e. The minimum absolute atomic E-state index is 0.0507. The van der Waals surface area contributed by atoms with Gasteiger partial charge in [0.15, 0.2) is 0 Å². The Hall–Kier alpha value is -2.19. The van der Waals surface area contributed by atoms with Crippen LogP contribution in [0.15, 0.2) is 40.8 Å². The van der Waals surface area contributed by atoms with E-state index in [1.807, 2.05) is 13.8 Å². The molecule has 1 aromatic rings. The summed E-state index contributed by atoms with van der Waals surface area (Å²) in [5.74, 6) is -0.437. The normalized spacial score (nSPS) is 15.4. The van der Waals surface area contributed by atoms with Gasteiger partial charge in [0.05, 0.1) is 4.90 Å². The van der Waals surface area contributed by atoms with Crippen molar-refractivity contribution in [2.45, 2.75) is 70.2 Å². The minimum atomic E-state index is -3.78. The Bertz CT molecular complexity index is 861. The molecule has 0 spiro atoms. The molecule has 1 atom stereocenters. The average molecular weight is 436 g/mol. The smallest absolute Gasteiger partial charge is 0.240 e. The number of rotatable bonds is 10. The lowest BCUT2D eigenvalue weighted by Crippen LogP contribution is -2.42. The lowest BCUT2D eigenvalue weighted by atomic mass is 9.97. The third-order valence-electron chi connectivity index (χ3n) is 5.15. The summed E-state index contributed by atoms with van der Waals surface area (Å²) in [6.45, 7) is 5.73. The van der Waals surface area contributed by atoms with Crippen molar-refractivity contribution < 1.29 is 18.0 Å². The Balaban J connectivity index is 1.92.